The minimum atomic E-state index is -0.142. The maximum Gasteiger partial charge on any atom is 0.316 e. The van der Waals surface area contributed by atoms with Crippen LogP contribution in [-0.2, 0) is 6.42 Å². The molecule has 0 saturated carbocycles. The van der Waals surface area contributed by atoms with Gasteiger partial charge < -0.3 is 4.74 Å². The van der Waals surface area contributed by atoms with Crippen LogP contribution in [0.25, 0.3) is 27.6 Å². The summed E-state index contributed by atoms with van der Waals surface area (Å²) in [6, 6.07) is 19.8. The van der Waals surface area contributed by atoms with Crippen molar-refractivity contribution in [3.05, 3.63) is 106 Å². The van der Waals surface area contributed by atoms with Crippen LogP contribution in [0, 0.1) is 18.3 Å². The number of ether oxygens (including phenoxy) is 1. The molecule has 0 amide bonds. The zero-order valence-electron chi connectivity index (χ0n) is 20.7. The zero-order valence-corrected chi connectivity index (χ0v) is 20.7. The van der Waals surface area contributed by atoms with E-state index >= 15 is 0 Å². The molecule has 0 aliphatic heterocycles. The first-order valence-corrected chi connectivity index (χ1v) is 11.8. The summed E-state index contributed by atoms with van der Waals surface area (Å²) >= 11 is 0. The van der Waals surface area contributed by atoms with Crippen molar-refractivity contribution in [2.24, 2.45) is 0 Å². The minimum Gasteiger partial charge on any atom is -0.467 e. The number of aromatic nitrogens is 5. The van der Waals surface area contributed by atoms with Crippen molar-refractivity contribution >= 4 is 10.8 Å². The molecule has 0 radical (unpaired) electrons. The average Bonchev–Trinajstić information content (AvgIpc) is 2.93. The van der Waals surface area contributed by atoms with Crippen molar-refractivity contribution in [2.75, 3.05) is 7.11 Å². The van der Waals surface area contributed by atoms with Crippen LogP contribution in [0.4, 0.5) is 0 Å². The molecule has 0 unspecified atom stereocenters. The van der Waals surface area contributed by atoms with Crippen LogP contribution >= 0.6 is 0 Å². The standard InChI is InChI=1S/C29H24N6O2/c1-18(12-25-21(14-30)15-31-19(2)34-25)26-13-20-8-7-11-24(22-16-32-29(37-3)33-17-22)27(20)28(36)35(26)23-9-5-4-6-10-23/h4-11,13,15-18H,12H2,1-3H3/t18-/m1/s1. The molecule has 0 saturated heterocycles. The summed E-state index contributed by atoms with van der Waals surface area (Å²) in [5, 5.41) is 11.0. The van der Waals surface area contributed by atoms with Gasteiger partial charge in [-0.25, -0.2) is 19.9 Å². The molecule has 8 nitrogen and oxygen atoms in total. The van der Waals surface area contributed by atoms with Crippen LogP contribution in [0.15, 0.2) is 78.0 Å². The molecule has 2 aromatic carbocycles. The van der Waals surface area contributed by atoms with Gasteiger partial charge in [-0.3, -0.25) is 9.36 Å². The summed E-state index contributed by atoms with van der Waals surface area (Å²) in [5.41, 5.74) is 4.01. The summed E-state index contributed by atoms with van der Waals surface area (Å²) in [6.07, 6.45) is 5.35. The highest BCUT2D eigenvalue weighted by molar-refractivity contribution is 5.96. The van der Waals surface area contributed by atoms with Crippen LogP contribution in [0.1, 0.15) is 35.6 Å². The van der Waals surface area contributed by atoms with Gasteiger partial charge in [0.15, 0.2) is 0 Å². The number of hydrogen-bond acceptors (Lipinski definition) is 7. The van der Waals surface area contributed by atoms with E-state index in [0.29, 0.717) is 28.9 Å². The number of benzene rings is 2. The van der Waals surface area contributed by atoms with E-state index in [2.05, 4.69) is 26.0 Å². The summed E-state index contributed by atoms with van der Waals surface area (Å²) in [4.78, 5) is 31.3. The first kappa shape index (κ1) is 23.8. The van der Waals surface area contributed by atoms with Crippen molar-refractivity contribution in [3.63, 3.8) is 0 Å². The van der Waals surface area contributed by atoms with Crippen molar-refractivity contribution in [1.82, 2.24) is 24.5 Å². The van der Waals surface area contributed by atoms with Gasteiger partial charge in [-0.2, -0.15) is 5.26 Å². The van der Waals surface area contributed by atoms with E-state index in [4.69, 9.17) is 4.74 Å². The van der Waals surface area contributed by atoms with E-state index < -0.39 is 0 Å². The van der Waals surface area contributed by atoms with E-state index in [0.717, 1.165) is 27.9 Å². The predicted molar refractivity (Wildman–Crippen MR) is 141 cm³/mol. The Kier molecular flexibility index (Phi) is 6.43. The Hall–Kier alpha value is -4.90. The first-order chi connectivity index (χ1) is 18.0. The van der Waals surface area contributed by atoms with Crippen molar-refractivity contribution in [1.29, 1.82) is 5.26 Å². The lowest BCUT2D eigenvalue weighted by atomic mass is 9.94. The third-order valence-electron chi connectivity index (χ3n) is 6.32. The Morgan fingerprint density at radius 3 is 2.49 bits per heavy atom. The van der Waals surface area contributed by atoms with Crippen molar-refractivity contribution < 1.29 is 4.74 Å². The molecular formula is C29H24N6O2. The van der Waals surface area contributed by atoms with Crippen LogP contribution in [-0.4, -0.2) is 31.6 Å². The molecule has 0 spiro atoms. The fourth-order valence-corrected chi connectivity index (χ4v) is 4.55. The molecule has 0 fully saturated rings. The first-order valence-electron chi connectivity index (χ1n) is 11.8. The molecule has 182 valence electrons. The van der Waals surface area contributed by atoms with Gasteiger partial charge >= 0.3 is 6.01 Å². The number of pyridine rings is 1. The molecule has 3 aromatic heterocycles. The lowest BCUT2D eigenvalue weighted by Crippen LogP contribution is -2.24. The lowest BCUT2D eigenvalue weighted by Gasteiger charge is -2.21. The molecule has 0 aliphatic rings. The maximum absolute atomic E-state index is 14.2. The number of hydrogen-bond donors (Lipinski definition) is 0. The molecular weight excluding hydrogens is 464 g/mol. The summed E-state index contributed by atoms with van der Waals surface area (Å²) in [6.45, 7) is 3.84. The molecule has 5 rings (SSSR count). The molecule has 0 aliphatic carbocycles. The Morgan fingerprint density at radius 2 is 1.78 bits per heavy atom. The van der Waals surface area contributed by atoms with E-state index in [1.807, 2.05) is 61.5 Å². The van der Waals surface area contributed by atoms with E-state index in [-0.39, 0.29) is 17.5 Å². The second kappa shape index (κ2) is 9.99. The number of para-hydroxylation sites is 1. The molecule has 3 heterocycles. The number of nitriles is 1. The summed E-state index contributed by atoms with van der Waals surface area (Å²) in [5.74, 6) is 0.484. The monoisotopic (exact) mass is 488 g/mol. The van der Waals surface area contributed by atoms with Crippen LogP contribution < -0.4 is 10.3 Å². The normalized spacial score (nSPS) is 11.7. The molecule has 1 atom stereocenters. The van der Waals surface area contributed by atoms with Crippen LogP contribution in [0.2, 0.25) is 0 Å². The van der Waals surface area contributed by atoms with Gasteiger partial charge in [0.1, 0.15) is 11.9 Å². The Balaban J connectivity index is 1.73. The third kappa shape index (κ3) is 4.55. The van der Waals surface area contributed by atoms with Crippen molar-refractivity contribution in [3.8, 4) is 28.9 Å². The number of fused-ring (bicyclic) bond motifs is 1. The van der Waals surface area contributed by atoms with Gasteiger partial charge in [-0.15, -0.1) is 0 Å². The van der Waals surface area contributed by atoms with E-state index in [1.165, 1.54) is 7.11 Å². The topological polar surface area (TPSA) is 107 Å². The largest absolute Gasteiger partial charge is 0.467 e. The second-order valence-electron chi connectivity index (χ2n) is 8.77. The quantitative estimate of drug-likeness (QED) is 0.339. The number of aryl methyl sites for hydroxylation is 1. The Labute approximate surface area is 213 Å². The molecule has 0 N–H and O–H groups in total. The van der Waals surface area contributed by atoms with Gasteiger partial charge in [0, 0.05) is 41.5 Å². The lowest BCUT2D eigenvalue weighted by molar-refractivity contribution is 0.380. The minimum absolute atomic E-state index is 0.119. The van der Waals surface area contributed by atoms with Gasteiger partial charge in [0.25, 0.3) is 5.56 Å². The SMILES string of the molecule is COc1ncc(-c2cccc3cc([C@H](C)Cc4nc(C)ncc4C#N)n(-c4ccccc4)c(=O)c23)cn1. The summed E-state index contributed by atoms with van der Waals surface area (Å²) < 4.78 is 6.84. The van der Waals surface area contributed by atoms with E-state index in [9.17, 15) is 10.1 Å². The van der Waals surface area contributed by atoms with Gasteiger partial charge in [0.2, 0.25) is 0 Å². The van der Waals surface area contributed by atoms with Gasteiger partial charge in [0.05, 0.1) is 23.8 Å². The van der Waals surface area contributed by atoms with Gasteiger partial charge in [-0.05, 0) is 42.5 Å². The molecule has 37 heavy (non-hydrogen) atoms. The molecule has 5 aromatic rings. The highest BCUT2D eigenvalue weighted by Gasteiger charge is 2.21. The smallest absolute Gasteiger partial charge is 0.316 e. The predicted octanol–water partition coefficient (Wildman–Crippen LogP) is 4.77. The maximum atomic E-state index is 14.2. The highest BCUT2D eigenvalue weighted by Crippen LogP contribution is 2.30. The Morgan fingerprint density at radius 1 is 1.03 bits per heavy atom. The average molecular weight is 489 g/mol. The molecule has 0 bridgehead atoms. The zero-order chi connectivity index (χ0) is 25.9. The fourth-order valence-electron chi connectivity index (χ4n) is 4.55. The molecule has 8 heteroatoms. The Bertz CT molecular complexity index is 1690. The third-order valence-corrected chi connectivity index (χ3v) is 6.32. The van der Waals surface area contributed by atoms with Gasteiger partial charge in [-0.1, -0.05) is 43.3 Å². The van der Waals surface area contributed by atoms with E-state index in [1.54, 1.807) is 30.1 Å². The number of rotatable bonds is 6. The van der Waals surface area contributed by atoms with Crippen LogP contribution in [0.5, 0.6) is 6.01 Å². The fraction of sp³-hybridized carbons (Fsp3) is 0.172. The summed E-state index contributed by atoms with van der Waals surface area (Å²) in [7, 11) is 1.51. The number of methoxy groups -OCH3 is 1. The second-order valence-corrected chi connectivity index (χ2v) is 8.77. The van der Waals surface area contributed by atoms with Crippen LogP contribution in [0.3, 0.4) is 0 Å². The highest BCUT2D eigenvalue weighted by atomic mass is 16.5. The number of nitrogens with zero attached hydrogens (tertiary/aromatic N) is 6. The van der Waals surface area contributed by atoms with Crippen molar-refractivity contribution in [2.45, 2.75) is 26.2 Å².